The smallest absolute Gasteiger partial charge is 0.0221 e. The molecule has 12 fully saturated rings. The van der Waals surface area contributed by atoms with Gasteiger partial charge in [0.25, 0.3) is 0 Å². The second kappa shape index (κ2) is 17.6. The van der Waals surface area contributed by atoms with Crippen LogP contribution in [0.25, 0.3) is 0 Å². The van der Waals surface area contributed by atoms with Crippen LogP contribution in [0.1, 0.15) is 186 Å². The molecule has 5 aliphatic heterocycles. The van der Waals surface area contributed by atoms with E-state index in [4.69, 9.17) is 0 Å². The molecule has 6 heteroatoms. The highest BCUT2D eigenvalue weighted by molar-refractivity contribution is 5.15. The van der Waals surface area contributed by atoms with Crippen LogP contribution in [0, 0.1) is 53.3 Å². The molecule has 12 rings (SSSR count). The third-order valence-corrected chi connectivity index (χ3v) is 22.1. The van der Waals surface area contributed by atoms with Gasteiger partial charge in [-0.25, -0.2) is 0 Å². The summed E-state index contributed by atoms with van der Waals surface area (Å²) in [5, 5.41) is 12.1. The van der Waals surface area contributed by atoms with Crippen molar-refractivity contribution in [2.75, 3.05) is 32.7 Å². The van der Waals surface area contributed by atoms with Gasteiger partial charge in [0, 0.05) is 80.1 Å². The van der Waals surface area contributed by atoms with Crippen LogP contribution < -0.4 is 16.0 Å². The summed E-state index contributed by atoms with van der Waals surface area (Å²) in [5.41, 5.74) is 0. The standard InChI is InChI=1S/C53H90N6/c1-3-11-36(12-4-1)47-32-56-48(33-55-47)37-21-23-38(24-22-37)57-34-46(45-31-54-28-27-49(45)57)35-19-25-40(26-20-35)59-51-18-10-8-16-42(51)44-29-43-41-15-7-9-17-50(41)58(52(43)30-53(44)59)39-13-5-2-6-14-39/h35-56H,1-34H2. The van der Waals surface area contributed by atoms with E-state index in [1.807, 2.05) is 0 Å². The molecular formula is C53H90N6. The highest BCUT2D eigenvalue weighted by Crippen LogP contribution is 2.59. The molecule has 0 bridgehead atoms. The number of hydrogen-bond donors (Lipinski definition) is 3. The first-order valence-corrected chi connectivity index (χ1v) is 27.7. The maximum atomic E-state index is 4.12. The van der Waals surface area contributed by atoms with Gasteiger partial charge in [-0.1, -0.05) is 64.2 Å². The lowest BCUT2D eigenvalue weighted by Crippen LogP contribution is -2.59. The van der Waals surface area contributed by atoms with Crippen molar-refractivity contribution in [2.24, 2.45) is 53.3 Å². The van der Waals surface area contributed by atoms with Gasteiger partial charge < -0.3 is 16.0 Å². The number of nitrogens with one attached hydrogen (secondary N) is 3. The van der Waals surface area contributed by atoms with Crippen LogP contribution in [-0.2, 0) is 0 Å². The molecule has 0 aromatic rings. The van der Waals surface area contributed by atoms with Crippen LogP contribution in [0.15, 0.2) is 0 Å². The number of nitrogens with zero attached hydrogens (tertiary/aromatic N) is 3. The highest BCUT2D eigenvalue weighted by atomic mass is 15.3. The van der Waals surface area contributed by atoms with Gasteiger partial charge >= 0.3 is 0 Å². The Hall–Kier alpha value is -0.240. The van der Waals surface area contributed by atoms with E-state index in [0.29, 0.717) is 6.04 Å². The second-order valence-corrected chi connectivity index (χ2v) is 24.3. The zero-order chi connectivity index (χ0) is 38.9. The molecule has 0 aromatic carbocycles. The first-order valence-electron chi connectivity index (χ1n) is 27.7. The molecule has 7 saturated carbocycles. The van der Waals surface area contributed by atoms with Crippen molar-refractivity contribution in [1.82, 2.24) is 30.7 Å². The Kier molecular flexibility index (Phi) is 12.0. The fraction of sp³-hybridized carbons (Fsp3) is 1.00. The highest BCUT2D eigenvalue weighted by Gasteiger charge is 2.61. The molecule has 0 spiro atoms. The zero-order valence-electron chi connectivity index (χ0n) is 37.9. The van der Waals surface area contributed by atoms with E-state index in [2.05, 4.69) is 30.7 Å². The van der Waals surface area contributed by atoms with Crippen molar-refractivity contribution in [3.63, 3.8) is 0 Å². The summed E-state index contributed by atoms with van der Waals surface area (Å²) in [6.07, 6.45) is 43.8. The summed E-state index contributed by atoms with van der Waals surface area (Å²) in [4.78, 5) is 9.89. The van der Waals surface area contributed by atoms with Crippen LogP contribution in [0.3, 0.4) is 0 Å². The summed E-state index contributed by atoms with van der Waals surface area (Å²) >= 11 is 0. The first-order chi connectivity index (χ1) is 29.3. The van der Waals surface area contributed by atoms with Gasteiger partial charge in [0.15, 0.2) is 0 Å². The Morgan fingerprint density at radius 2 is 0.847 bits per heavy atom. The quantitative estimate of drug-likeness (QED) is 0.249. The average molecular weight is 811 g/mol. The summed E-state index contributed by atoms with van der Waals surface area (Å²) in [6, 6.07) is 8.73. The van der Waals surface area contributed by atoms with Crippen LogP contribution in [0.2, 0.25) is 0 Å². The topological polar surface area (TPSA) is 45.8 Å². The molecule has 5 saturated heterocycles. The van der Waals surface area contributed by atoms with Crippen molar-refractivity contribution >= 4 is 0 Å². The molecule has 12 aliphatic rings. The summed E-state index contributed by atoms with van der Waals surface area (Å²) in [7, 11) is 0. The van der Waals surface area contributed by atoms with E-state index >= 15 is 0 Å². The lowest BCUT2D eigenvalue weighted by atomic mass is 9.65. The predicted molar refractivity (Wildman–Crippen MR) is 242 cm³/mol. The molecule has 0 amide bonds. The van der Waals surface area contributed by atoms with E-state index in [-0.39, 0.29) is 0 Å². The fourth-order valence-corrected chi connectivity index (χ4v) is 19.5. The van der Waals surface area contributed by atoms with E-state index in [0.717, 1.165) is 108 Å². The van der Waals surface area contributed by atoms with Crippen LogP contribution >= 0.6 is 0 Å². The molecule has 6 nitrogen and oxygen atoms in total. The van der Waals surface area contributed by atoms with Crippen molar-refractivity contribution in [1.29, 1.82) is 0 Å². The lowest BCUT2D eigenvalue weighted by molar-refractivity contribution is 0.00826. The van der Waals surface area contributed by atoms with Gasteiger partial charge in [0.05, 0.1) is 0 Å². The number of piperazine rings is 1. The Balaban J connectivity index is 0.693. The Morgan fingerprint density at radius 1 is 0.322 bits per heavy atom. The van der Waals surface area contributed by atoms with E-state index in [1.165, 1.54) is 193 Å². The third kappa shape index (κ3) is 7.50. The number of fused-ring (bicyclic) bond motifs is 7. The van der Waals surface area contributed by atoms with Gasteiger partial charge in [0.2, 0.25) is 0 Å². The number of piperidine rings is 1. The number of rotatable bonds is 6. The minimum atomic E-state index is 0.715. The lowest BCUT2D eigenvalue weighted by Gasteiger charge is -2.48. The molecular weight excluding hydrogens is 721 g/mol. The first kappa shape index (κ1) is 40.3. The molecule has 13 atom stereocenters. The van der Waals surface area contributed by atoms with E-state index in [1.54, 1.807) is 25.7 Å². The maximum Gasteiger partial charge on any atom is 0.0221 e. The Bertz CT molecular complexity index is 1370. The summed E-state index contributed by atoms with van der Waals surface area (Å²) in [5.74, 6) is 8.81. The summed E-state index contributed by atoms with van der Waals surface area (Å²) in [6.45, 7) is 6.46. The average Bonchev–Trinajstić information content (AvgIpc) is 3.97. The molecule has 59 heavy (non-hydrogen) atoms. The Labute approximate surface area is 362 Å². The van der Waals surface area contributed by atoms with Crippen LogP contribution in [0.4, 0.5) is 0 Å². The molecule has 5 heterocycles. The Morgan fingerprint density at radius 3 is 1.47 bits per heavy atom. The number of hydrogen-bond acceptors (Lipinski definition) is 6. The minimum Gasteiger partial charge on any atom is -0.316 e. The second-order valence-electron chi connectivity index (χ2n) is 24.3. The van der Waals surface area contributed by atoms with E-state index in [9.17, 15) is 0 Å². The van der Waals surface area contributed by atoms with Crippen molar-refractivity contribution in [3.05, 3.63) is 0 Å². The van der Waals surface area contributed by atoms with Crippen molar-refractivity contribution < 1.29 is 0 Å². The van der Waals surface area contributed by atoms with E-state index < -0.39 is 0 Å². The molecule has 13 unspecified atom stereocenters. The third-order valence-electron chi connectivity index (χ3n) is 22.1. The largest absolute Gasteiger partial charge is 0.316 e. The van der Waals surface area contributed by atoms with Crippen molar-refractivity contribution in [3.8, 4) is 0 Å². The molecule has 7 aliphatic carbocycles. The molecule has 0 aromatic heterocycles. The minimum absolute atomic E-state index is 0.715. The van der Waals surface area contributed by atoms with Gasteiger partial charge in [-0.05, 0) is 188 Å². The zero-order valence-corrected chi connectivity index (χ0v) is 37.9. The van der Waals surface area contributed by atoms with Gasteiger partial charge in [-0.3, -0.25) is 14.7 Å². The fourth-order valence-electron chi connectivity index (χ4n) is 19.5. The van der Waals surface area contributed by atoms with Crippen molar-refractivity contribution in [2.45, 2.75) is 247 Å². The monoisotopic (exact) mass is 811 g/mol. The van der Waals surface area contributed by atoms with Gasteiger partial charge in [0.1, 0.15) is 0 Å². The van der Waals surface area contributed by atoms with Crippen LogP contribution in [-0.4, -0.2) is 108 Å². The maximum absolute atomic E-state index is 4.12. The molecule has 3 N–H and O–H groups in total. The number of likely N-dealkylation sites (tertiary alicyclic amines) is 3. The van der Waals surface area contributed by atoms with Crippen LogP contribution in [0.5, 0.6) is 0 Å². The molecule has 332 valence electrons. The predicted octanol–water partition coefficient (Wildman–Crippen LogP) is 9.37. The molecule has 0 radical (unpaired) electrons. The van der Waals surface area contributed by atoms with Gasteiger partial charge in [-0.15, -0.1) is 0 Å². The SMILES string of the molecule is C1CCC(C2CNC(C3CCC(N4CC(C5CCC(N6C7CCCCC7C7CC8C9CCCCC9N(C9CCCCC9)C8CC76)CC5)C5CNCCC54)CC3)CN2)CC1. The normalized spacial score (nSPS) is 50.7. The summed E-state index contributed by atoms with van der Waals surface area (Å²) < 4.78 is 0. The van der Waals surface area contributed by atoms with Gasteiger partial charge in [-0.2, -0.15) is 0 Å².